The highest BCUT2D eigenvalue weighted by molar-refractivity contribution is 5.97. The van der Waals surface area contributed by atoms with E-state index in [0.29, 0.717) is 0 Å². The molecule has 0 bridgehead atoms. The van der Waals surface area contributed by atoms with Crippen LogP contribution in [0, 0.1) is 15.9 Å². The van der Waals surface area contributed by atoms with Gasteiger partial charge < -0.3 is 14.7 Å². The second-order valence-electron chi connectivity index (χ2n) is 4.36. The molecule has 0 aliphatic carbocycles. The average Bonchev–Trinajstić information content (AvgIpc) is 2.34. The first kappa shape index (κ1) is 14.2. The number of halogens is 1. The number of anilines is 1. The van der Waals surface area contributed by atoms with Crippen LogP contribution in [-0.4, -0.2) is 41.8 Å². The molecule has 7 nitrogen and oxygen atoms in total. The van der Waals surface area contributed by atoms with E-state index in [1.807, 2.05) is 0 Å². The number of benzene rings is 1. The third kappa shape index (κ3) is 2.55. The van der Waals surface area contributed by atoms with Gasteiger partial charge in [-0.05, 0) is 6.92 Å². The summed E-state index contributed by atoms with van der Waals surface area (Å²) >= 11 is 0. The summed E-state index contributed by atoms with van der Waals surface area (Å²) in [7, 11) is 0. The predicted octanol–water partition coefficient (Wildman–Crippen LogP) is 1.09. The largest absolute Gasteiger partial charge is 0.462 e. The van der Waals surface area contributed by atoms with Crippen molar-refractivity contribution in [1.82, 2.24) is 0 Å². The Morgan fingerprint density at radius 3 is 2.75 bits per heavy atom. The number of non-ortho nitro benzene ring substituents is 1. The molecule has 0 aromatic heterocycles. The van der Waals surface area contributed by atoms with Gasteiger partial charge in [0.15, 0.2) is 5.82 Å². The number of aliphatic hydroxyl groups excluding tert-OH is 1. The summed E-state index contributed by atoms with van der Waals surface area (Å²) in [6.07, 6.45) is -0.598. The first-order chi connectivity index (χ1) is 9.43. The van der Waals surface area contributed by atoms with E-state index in [2.05, 4.69) is 0 Å². The summed E-state index contributed by atoms with van der Waals surface area (Å²) in [5, 5.41) is 20.0. The zero-order valence-corrected chi connectivity index (χ0v) is 10.7. The van der Waals surface area contributed by atoms with Gasteiger partial charge in [-0.1, -0.05) is 0 Å². The van der Waals surface area contributed by atoms with Crippen molar-refractivity contribution in [3.05, 3.63) is 33.6 Å². The molecule has 1 fully saturated rings. The van der Waals surface area contributed by atoms with Gasteiger partial charge in [0.2, 0.25) is 0 Å². The summed E-state index contributed by atoms with van der Waals surface area (Å²) in [5.74, 6) is -1.71. The van der Waals surface area contributed by atoms with Gasteiger partial charge in [-0.15, -0.1) is 0 Å². The van der Waals surface area contributed by atoms with Crippen molar-refractivity contribution in [2.75, 3.05) is 24.6 Å². The van der Waals surface area contributed by atoms with Crippen molar-refractivity contribution in [2.45, 2.75) is 13.0 Å². The van der Waals surface area contributed by atoms with Gasteiger partial charge in [-0.25, -0.2) is 9.18 Å². The first-order valence-electron chi connectivity index (χ1n) is 6.02. The maximum Gasteiger partial charge on any atom is 0.340 e. The van der Waals surface area contributed by atoms with Crippen molar-refractivity contribution >= 4 is 17.3 Å². The molecule has 0 amide bonds. The molecule has 1 aliphatic heterocycles. The molecule has 1 aromatic carbocycles. The second kappa shape index (κ2) is 5.41. The monoisotopic (exact) mass is 284 g/mol. The molecule has 1 aliphatic rings. The number of hydrogen-bond donors (Lipinski definition) is 1. The van der Waals surface area contributed by atoms with E-state index >= 15 is 0 Å². The molecule has 1 N–H and O–H groups in total. The zero-order valence-electron chi connectivity index (χ0n) is 10.7. The Hall–Kier alpha value is -2.22. The van der Waals surface area contributed by atoms with Gasteiger partial charge in [0.25, 0.3) is 5.69 Å². The summed E-state index contributed by atoms with van der Waals surface area (Å²) in [4.78, 5) is 23.2. The van der Waals surface area contributed by atoms with E-state index in [4.69, 9.17) is 4.74 Å². The van der Waals surface area contributed by atoms with E-state index in [1.165, 1.54) is 4.90 Å². The Balaban J connectivity index is 2.47. The SMILES string of the molecule is CCOC(=O)c1cc([N+](=O)[O-])cc(F)c1N1CC(O)C1. The van der Waals surface area contributed by atoms with Gasteiger partial charge in [0.05, 0.1) is 35.0 Å². The van der Waals surface area contributed by atoms with E-state index in [9.17, 15) is 24.4 Å². The van der Waals surface area contributed by atoms with Gasteiger partial charge >= 0.3 is 5.97 Å². The smallest absolute Gasteiger partial charge is 0.340 e. The van der Waals surface area contributed by atoms with Crippen LogP contribution in [0.4, 0.5) is 15.8 Å². The molecule has 1 saturated heterocycles. The fourth-order valence-corrected chi connectivity index (χ4v) is 2.01. The predicted molar refractivity (Wildman–Crippen MR) is 67.2 cm³/mol. The van der Waals surface area contributed by atoms with Crippen LogP contribution in [0.25, 0.3) is 0 Å². The number of nitro groups is 1. The summed E-state index contributed by atoms with van der Waals surface area (Å²) in [6, 6.07) is 1.74. The average molecular weight is 284 g/mol. The van der Waals surface area contributed by atoms with Crippen molar-refractivity contribution < 1.29 is 24.0 Å². The number of aliphatic hydroxyl groups is 1. The molecule has 0 radical (unpaired) electrons. The first-order valence-corrected chi connectivity index (χ1v) is 6.02. The Labute approximate surface area is 113 Å². The van der Waals surface area contributed by atoms with Gasteiger partial charge in [0, 0.05) is 19.2 Å². The number of nitrogens with zero attached hydrogens (tertiary/aromatic N) is 2. The van der Waals surface area contributed by atoms with Crippen molar-refractivity contribution in [2.24, 2.45) is 0 Å². The normalized spacial score (nSPS) is 14.8. The van der Waals surface area contributed by atoms with Crippen LogP contribution in [-0.2, 0) is 4.74 Å². The fourth-order valence-electron chi connectivity index (χ4n) is 2.01. The third-order valence-corrected chi connectivity index (χ3v) is 2.93. The van der Waals surface area contributed by atoms with Crippen LogP contribution < -0.4 is 4.90 Å². The van der Waals surface area contributed by atoms with Crippen LogP contribution in [0.15, 0.2) is 12.1 Å². The van der Waals surface area contributed by atoms with E-state index < -0.39 is 28.5 Å². The van der Waals surface area contributed by atoms with Crippen molar-refractivity contribution in [3.8, 4) is 0 Å². The number of esters is 1. The molecular weight excluding hydrogens is 271 g/mol. The van der Waals surface area contributed by atoms with Crippen LogP contribution in [0.3, 0.4) is 0 Å². The van der Waals surface area contributed by atoms with Gasteiger partial charge in [-0.2, -0.15) is 0 Å². The molecule has 8 heteroatoms. The van der Waals surface area contributed by atoms with Crippen LogP contribution in [0.5, 0.6) is 0 Å². The Bertz CT molecular complexity index is 557. The second-order valence-corrected chi connectivity index (χ2v) is 4.36. The summed E-state index contributed by atoms with van der Waals surface area (Å²) in [5.41, 5.74) is -0.792. The maximum atomic E-state index is 14.0. The molecule has 0 saturated carbocycles. The van der Waals surface area contributed by atoms with Crippen LogP contribution >= 0.6 is 0 Å². The molecule has 2 rings (SSSR count). The zero-order chi connectivity index (χ0) is 14.9. The minimum absolute atomic E-state index is 0.0700. The number of carbonyl (C=O) groups excluding carboxylic acids is 1. The minimum atomic E-state index is -0.880. The van der Waals surface area contributed by atoms with Gasteiger partial charge in [-0.3, -0.25) is 10.1 Å². The lowest BCUT2D eigenvalue weighted by Crippen LogP contribution is -2.51. The number of hydrogen-bond acceptors (Lipinski definition) is 6. The molecule has 0 spiro atoms. The maximum absolute atomic E-state index is 14.0. The topological polar surface area (TPSA) is 92.9 Å². The Kier molecular flexibility index (Phi) is 3.84. The molecule has 108 valence electrons. The van der Waals surface area contributed by atoms with E-state index in [-0.39, 0.29) is 30.9 Å². The molecule has 1 heterocycles. The number of β-amino-alcohol motifs (C(OH)–C–C–N with tert-alkyl or cyclic N) is 1. The van der Waals surface area contributed by atoms with Crippen LogP contribution in [0.2, 0.25) is 0 Å². The fraction of sp³-hybridized carbons (Fsp3) is 0.417. The lowest BCUT2D eigenvalue weighted by atomic mass is 10.1. The minimum Gasteiger partial charge on any atom is -0.462 e. The summed E-state index contributed by atoms with van der Waals surface area (Å²) < 4.78 is 18.8. The number of nitro benzene ring substituents is 1. The molecule has 1 aromatic rings. The Morgan fingerprint density at radius 1 is 1.60 bits per heavy atom. The summed E-state index contributed by atoms with van der Waals surface area (Å²) in [6.45, 7) is 1.99. The van der Waals surface area contributed by atoms with E-state index in [1.54, 1.807) is 6.92 Å². The Morgan fingerprint density at radius 2 is 2.25 bits per heavy atom. The van der Waals surface area contributed by atoms with Crippen molar-refractivity contribution in [1.29, 1.82) is 0 Å². The molecule has 0 unspecified atom stereocenters. The third-order valence-electron chi connectivity index (χ3n) is 2.93. The quantitative estimate of drug-likeness (QED) is 0.505. The number of carbonyl (C=O) groups is 1. The lowest BCUT2D eigenvalue weighted by molar-refractivity contribution is -0.385. The van der Waals surface area contributed by atoms with Gasteiger partial charge in [0.1, 0.15) is 0 Å². The van der Waals surface area contributed by atoms with Crippen LogP contribution in [0.1, 0.15) is 17.3 Å². The highest BCUT2D eigenvalue weighted by Gasteiger charge is 2.32. The standard InChI is InChI=1S/C12H13FN2O5/c1-2-20-12(17)9-3-7(15(18)19)4-10(13)11(9)14-5-8(16)6-14/h3-4,8,16H,2,5-6H2,1H3. The number of rotatable bonds is 4. The number of ether oxygens (including phenoxy) is 1. The van der Waals surface area contributed by atoms with E-state index in [0.717, 1.165) is 12.1 Å². The molecular formula is C12H13FN2O5. The molecule has 20 heavy (non-hydrogen) atoms. The van der Waals surface area contributed by atoms with Crippen molar-refractivity contribution in [3.63, 3.8) is 0 Å². The molecule has 0 atom stereocenters. The lowest BCUT2D eigenvalue weighted by Gasteiger charge is -2.38. The highest BCUT2D eigenvalue weighted by atomic mass is 19.1. The highest BCUT2D eigenvalue weighted by Crippen LogP contribution is 2.32.